The second-order valence-corrected chi connectivity index (χ2v) is 7.21. The standard InChI is InChI=1S/C26H22NO/c1-17-13-14-27(19(3)15-17)25-18(2)9-11-22-23-16-21(20-7-5-4-6-8-20)10-12-24(23)28-26(22)25/h4-16H,1-3H3/q+1/i1D3. The van der Waals surface area contributed by atoms with E-state index >= 15 is 0 Å². The molecule has 5 rings (SSSR count). The van der Waals surface area contributed by atoms with Crippen LogP contribution in [0.4, 0.5) is 0 Å². The third kappa shape index (κ3) is 2.61. The van der Waals surface area contributed by atoms with Crippen molar-refractivity contribution in [1.82, 2.24) is 0 Å². The smallest absolute Gasteiger partial charge is 0.257 e. The van der Waals surface area contributed by atoms with Gasteiger partial charge in [-0.2, -0.15) is 4.57 Å². The molecule has 0 atom stereocenters. The van der Waals surface area contributed by atoms with E-state index in [0.29, 0.717) is 5.56 Å². The minimum atomic E-state index is -2.13. The van der Waals surface area contributed by atoms with Crippen LogP contribution in [-0.4, -0.2) is 0 Å². The molecule has 2 heterocycles. The molecule has 136 valence electrons. The van der Waals surface area contributed by atoms with Gasteiger partial charge < -0.3 is 4.42 Å². The van der Waals surface area contributed by atoms with E-state index in [1.165, 1.54) is 0 Å². The first-order chi connectivity index (χ1) is 14.8. The van der Waals surface area contributed by atoms with Gasteiger partial charge in [-0.15, -0.1) is 0 Å². The van der Waals surface area contributed by atoms with Crippen LogP contribution in [0.25, 0.3) is 38.8 Å². The lowest BCUT2D eigenvalue weighted by atomic mass is 10.0. The summed E-state index contributed by atoms with van der Waals surface area (Å²) in [6, 6.07) is 24.1. The fourth-order valence-corrected chi connectivity index (χ4v) is 3.90. The average Bonchev–Trinajstić information content (AvgIpc) is 3.12. The molecule has 0 radical (unpaired) electrons. The summed E-state index contributed by atoms with van der Waals surface area (Å²) in [4.78, 5) is 0. The molecule has 0 saturated heterocycles. The molecule has 0 fully saturated rings. The maximum atomic E-state index is 7.69. The van der Waals surface area contributed by atoms with Gasteiger partial charge >= 0.3 is 0 Å². The van der Waals surface area contributed by atoms with Crippen LogP contribution in [0.1, 0.15) is 20.9 Å². The van der Waals surface area contributed by atoms with Crippen molar-refractivity contribution in [2.75, 3.05) is 0 Å². The minimum absolute atomic E-state index is 0.336. The van der Waals surface area contributed by atoms with Gasteiger partial charge in [-0.1, -0.05) is 42.5 Å². The first-order valence-corrected chi connectivity index (χ1v) is 9.37. The molecule has 2 aromatic heterocycles. The van der Waals surface area contributed by atoms with Crippen LogP contribution in [0.15, 0.2) is 83.4 Å². The van der Waals surface area contributed by atoms with E-state index < -0.39 is 6.85 Å². The van der Waals surface area contributed by atoms with Gasteiger partial charge in [-0.25, -0.2) is 0 Å². The highest BCUT2D eigenvalue weighted by Crippen LogP contribution is 2.35. The van der Waals surface area contributed by atoms with Gasteiger partial charge in [0, 0.05) is 39.5 Å². The lowest BCUT2D eigenvalue weighted by Crippen LogP contribution is -2.34. The van der Waals surface area contributed by atoms with Gasteiger partial charge in [0.2, 0.25) is 5.58 Å². The van der Waals surface area contributed by atoms with E-state index in [0.717, 1.165) is 50.0 Å². The second kappa shape index (κ2) is 6.35. The van der Waals surface area contributed by atoms with Crippen molar-refractivity contribution in [3.63, 3.8) is 0 Å². The minimum Gasteiger partial charge on any atom is -0.449 e. The number of nitrogens with zero attached hydrogens (tertiary/aromatic N) is 1. The van der Waals surface area contributed by atoms with Crippen molar-refractivity contribution >= 4 is 21.9 Å². The Morgan fingerprint density at radius 3 is 2.46 bits per heavy atom. The SMILES string of the molecule is [2H]C([2H])([2H])c1cc[n+](-c2c(C)ccc3c2oc2ccc(-c4ccccc4)cc23)c(C)c1. The Labute approximate surface area is 168 Å². The van der Waals surface area contributed by atoms with Crippen LogP contribution in [0.5, 0.6) is 0 Å². The molecule has 0 amide bonds. The van der Waals surface area contributed by atoms with Crippen LogP contribution < -0.4 is 4.57 Å². The van der Waals surface area contributed by atoms with E-state index in [9.17, 15) is 0 Å². The molecule has 0 bridgehead atoms. The number of benzene rings is 3. The van der Waals surface area contributed by atoms with E-state index in [1.807, 2.05) is 48.9 Å². The molecule has 0 aliphatic rings. The number of fused-ring (bicyclic) bond motifs is 3. The van der Waals surface area contributed by atoms with Gasteiger partial charge in [-0.3, -0.25) is 0 Å². The lowest BCUT2D eigenvalue weighted by Gasteiger charge is -2.04. The van der Waals surface area contributed by atoms with Crippen molar-refractivity contribution in [1.29, 1.82) is 0 Å². The maximum absolute atomic E-state index is 7.69. The number of aryl methyl sites for hydroxylation is 3. The molecule has 0 unspecified atom stereocenters. The van der Waals surface area contributed by atoms with E-state index in [-0.39, 0.29) is 0 Å². The van der Waals surface area contributed by atoms with Gasteiger partial charge in [0.15, 0.2) is 11.9 Å². The van der Waals surface area contributed by atoms with Crippen molar-refractivity contribution in [2.24, 2.45) is 0 Å². The van der Waals surface area contributed by atoms with Crippen LogP contribution in [-0.2, 0) is 0 Å². The Balaban J connectivity index is 1.74. The topological polar surface area (TPSA) is 17.0 Å². The fourth-order valence-electron chi connectivity index (χ4n) is 3.90. The third-order valence-corrected chi connectivity index (χ3v) is 5.31. The zero-order valence-corrected chi connectivity index (χ0v) is 15.9. The third-order valence-electron chi connectivity index (χ3n) is 5.31. The Morgan fingerprint density at radius 1 is 0.821 bits per heavy atom. The van der Waals surface area contributed by atoms with Gasteiger partial charge in [0.25, 0.3) is 5.69 Å². The summed E-state index contributed by atoms with van der Waals surface area (Å²) in [6.45, 7) is 1.84. The van der Waals surface area contributed by atoms with Crippen molar-refractivity contribution < 1.29 is 13.1 Å². The zero-order valence-electron chi connectivity index (χ0n) is 18.9. The van der Waals surface area contributed by atoms with Crippen LogP contribution in [0, 0.1) is 20.7 Å². The quantitative estimate of drug-likeness (QED) is 0.327. The number of furan rings is 1. The molecule has 0 N–H and O–H groups in total. The second-order valence-electron chi connectivity index (χ2n) is 7.21. The summed E-state index contributed by atoms with van der Waals surface area (Å²) in [5.74, 6) is 0. The molecule has 0 aliphatic heterocycles. The summed E-state index contributed by atoms with van der Waals surface area (Å²) in [5.41, 5.74) is 7.11. The highest BCUT2D eigenvalue weighted by atomic mass is 16.3. The normalized spacial score (nSPS) is 13.4. The number of pyridine rings is 1. The van der Waals surface area contributed by atoms with Gasteiger partial charge in [-0.05, 0) is 48.7 Å². The monoisotopic (exact) mass is 367 g/mol. The number of hydrogen-bond donors (Lipinski definition) is 0. The fraction of sp³-hybridized carbons (Fsp3) is 0.115. The van der Waals surface area contributed by atoms with Crippen LogP contribution in [0.3, 0.4) is 0 Å². The molecule has 0 spiro atoms. The van der Waals surface area contributed by atoms with E-state index in [2.05, 4.69) is 36.4 Å². The zero-order chi connectivity index (χ0) is 21.8. The molecule has 5 aromatic rings. The number of hydrogen-bond acceptors (Lipinski definition) is 1. The maximum Gasteiger partial charge on any atom is 0.257 e. The van der Waals surface area contributed by atoms with E-state index in [4.69, 9.17) is 8.53 Å². The van der Waals surface area contributed by atoms with Crippen molar-refractivity contribution in [3.05, 3.63) is 95.8 Å². The highest BCUT2D eigenvalue weighted by molar-refractivity contribution is 6.08. The molecule has 3 aromatic carbocycles. The Morgan fingerprint density at radius 2 is 1.68 bits per heavy atom. The van der Waals surface area contributed by atoms with Crippen LogP contribution in [0.2, 0.25) is 0 Å². The van der Waals surface area contributed by atoms with Gasteiger partial charge in [0.05, 0.1) is 0 Å². The molecule has 0 aliphatic carbocycles. The van der Waals surface area contributed by atoms with Crippen molar-refractivity contribution in [2.45, 2.75) is 20.7 Å². The number of aromatic nitrogens is 1. The summed E-state index contributed by atoms with van der Waals surface area (Å²) < 4.78 is 31.4. The largest absolute Gasteiger partial charge is 0.449 e. The lowest BCUT2D eigenvalue weighted by molar-refractivity contribution is -0.602. The first-order valence-electron chi connectivity index (χ1n) is 10.9. The predicted molar refractivity (Wildman–Crippen MR) is 115 cm³/mol. The van der Waals surface area contributed by atoms with Crippen LogP contribution >= 0.6 is 0 Å². The Hall–Kier alpha value is -3.39. The number of rotatable bonds is 2. The Bertz CT molecular complexity index is 1430. The molecule has 0 saturated carbocycles. The summed E-state index contributed by atoms with van der Waals surface area (Å²) >= 11 is 0. The van der Waals surface area contributed by atoms with Crippen molar-refractivity contribution in [3.8, 4) is 16.8 Å². The Kier molecular flexibility index (Phi) is 3.11. The molecule has 2 nitrogen and oxygen atoms in total. The summed E-state index contributed by atoms with van der Waals surface area (Å²) in [6.07, 6.45) is 1.82. The highest BCUT2D eigenvalue weighted by Gasteiger charge is 2.22. The molecular weight excluding hydrogens is 342 g/mol. The predicted octanol–water partition coefficient (Wildman–Crippen LogP) is 6.45. The molecular formula is C26H22NO+. The van der Waals surface area contributed by atoms with E-state index in [1.54, 1.807) is 12.1 Å². The summed E-state index contributed by atoms with van der Waals surface area (Å²) in [7, 11) is 0. The molecule has 28 heavy (non-hydrogen) atoms. The average molecular weight is 367 g/mol. The first kappa shape index (κ1) is 13.7. The summed E-state index contributed by atoms with van der Waals surface area (Å²) in [5, 5.41) is 2.11. The van der Waals surface area contributed by atoms with Gasteiger partial charge in [0.1, 0.15) is 5.58 Å². The molecule has 2 heteroatoms.